The topological polar surface area (TPSA) is 92.5 Å². The van der Waals surface area contributed by atoms with E-state index in [4.69, 9.17) is 16.7 Å². The summed E-state index contributed by atoms with van der Waals surface area (Å²) in [6.45, 7) is -0.637. The summed E-state index contributed by atoms with van der Waals surface area (Å²) in [5, 5.41) is 14.6. The molecule has 0 spiro atoms. The summed E-state index contributed by atoms with van der Waals surface area (Å²) in [5.74, 6) is -1.82. The molecule has 1 N–H and O–H groups in total. The predicted octanol–water partition coefficient (Wildman–Crippen LogP) is 4.35. The molecule has 3 aromatic rings. The number of aromatic nitrogens is 2. The second-order valence-electron chi connectivity index (χ2n) is 7.47. The van der Waals surface area contributed by atoms with Gasteiger partial charge in [0.05, 0.1) is 22.7 Å². The number of aryl methyl sites for hydroxylation is 1. The van der Waals surface area contributed by atoms with Crippen molar-refractivity contribution in [1.29, 1.82) is 0 Å². The quantitative estimate of drug-likeness (QED) is 0.590. The molecule has 31 heavy (non-hydrogen) atoms. The van der Waals surface area contributed by atoms with Gasteiger partial charge in [0.15, 0.2) is 0 Å². The number of benzene rings is 2. The van der Waals surface area contributed by atoms with Crippen molar-refractivity contribution in [3.63, 3.8) is 0 Å². The molecule has 0 saturated carbocycles. The van der Waals surface area contributed by atoms with E-state index in [2.05, 4.69) is 11.2 Å². The molecular weight excluding hydrogens is 438 g/mol. The zero-order valence-corrected chi connectivity index (χ0v) is 17.7. The van der Waals surface area contributed by atoms with Crippen molar-refractivity contribution >= 4 is 57.5 Å². The van der Waals surface area contributed by atoms with Gasteiger partial charge < -0.3 is 5.11 Å². The number of halogens is 1. The number of carbonyl (C=O) groups is 3. The van der Waals surface area contributed by atoms with Crippen molar-refractivity contribution in [3.8, 4) is 0 Å². The lowest BCUT2D eigenvalue weighted by Crippen LogP contribution is -2.33. The van der Waals surface area contributed by atoms with Crippen LogP contribution >= 0.6 is 23.4 Å². The standard InChI is InChI=1S/C22H16ClN3O4S/c23-15-3-4-16-13(9-15)2-6-18(16)26-17-5-1-12(7-14(17)10-24-26)8-19-21(29)25(11-20(27)28)22(30)31-19/h1,3-5,7-10,18H,2,6,11H2,(H,27,28)/t18-/m0/s1. The second-order valence-corrected chi connectivity index (χ2v) is 8.90. The minimum Gasteiger partial charge on any atom is -0.480 e. The molecule has 1 atom stereocenters. The van der Waals surface area contributed by atoms with Crippen molar-refractivity contribution in [2.75, 3.05) is 6.54 Å². The number of hydrogen-bond donors (Lipinski definition) is 1. The van der Waals surface area contributed by atoms with Crippen LogP contribution in [0.25, 0.3) is 17.0 Å². The van der Waals surface area contributed by atoms with E-state index >= 15 is 0 Å². The number of carbonyl (C=O) groups excluding carboxylic acids is 2. The lowest BCUT2D eigenvalue weighted by molar-refractivity contribution is -0.140. The lowest BCUT2D eigenvalue weighted by Gasteiger charge is -2.14. The Labute approximate surface area is 186 Å². The first-order chi connectivity index (χ1) is 14.9. The molecule has 0 unspecified atom stereocenters. The fourth-order valence-corrected chi connectivity index (χ4v) is 5.18. The van der Waals surface area contributed by atoms with Gasteiger partial charge >= 0.3 is 5.97 Å². The Morgan fingerprint density at radius 3 is 2.90 bits per heavy atom. The highest BCUT2D eigenvalue weighted by atomic mass is 35.5. The summed E-state index contributed by atoms with van der Waals surface area (Å²) in [6.07, 6.45) is 5.30. The van der Waals surface area contributed by atoms with Crippen molar-refractivity contribution in [2.45, 2.75) is 18.9 Å². The van der Waals surface area contributed by atoms with E-state index in [1.807, 2.05) is 35.0 Å². The van der Waals surface area contributed by atoms with Gasteiger partial charge in [0, 0.05) is 10.4 Å². The molecule has 156 valence electrons. The van der Waals surface area contributed by atoms with Crippen LogP contribution in [0.1, 0.15) is 29.2 Å². The summed E-state index contributed by atoms with van der Waals surface area (Å²) in [6, 6.07) is 11.8. The first-order valence-corrected chi connectivity index (χ1v) is 10.8. The molecule has 1 aliphatic heterocycles. The van der Waals surface area contributed by atoms with E-state index in [0.29, 0.717) is 0 Å². The summed E-state index contributed by atoms with van der Waals surface area (Å²) in [7, 11) is 0. The Balaban J connectivity index is 1.45. The Kier molecular flexibility index (Phi) is 4.83. The second kappa shape index (κ2) is 7.55. The number of thioether (sulfide) groups is 1. The number of amides is 2. The normalized spacial score (nSPS) is 19.6. The van der Waals surface area contributed by atoms with Gasteiger partial charge in [-0.1, -0.05) is 23.7 Å². The minimum absolute atomic E-state index is 0.142. The van der Waals surface area contributed by atoms with Gasteiger partial charge in [-0.25, -0.2) is 0 Å². The first kappa shape index (κ1) is 19.8. The molecule has 1 aliphatic carbocycles. The van der Waals surface area contributed by atoms with E-state index in [9.17, 15) is 14.4 Å². The molecule has 7 nitrogen and oxygen atoms in total. The molecule has 2 amide bonds. The van der Waals surface area contributed by atoms with Gasteiger partial charge in [-0.3, -0.25) is 24.0 Å². The van der Waals surface area contributed by atoms with Gasteiger partial charge in [0.25, 0.3) is 11.1 Å². The van der Waals surface area contributed by atoms with Crippen LogP contribution in [0, 0.1) is 0 Å². The van der Waals surface area contributed by atoms with Crippen molar-refractivity contribution < 1.29 is 19.5 Å². The van der Waals surface area contributed by atoms with Gasteiger partial charge in [-0.05, 0) is 71.6 Å². The largest absolute Gasteiger partial charge is 0.480 e. The number of fused-ring (bicyclic) bond motifs is 2. The van der Waals surface area contributed by atoms with Crippen LogP contribution in [0.15, 0.2) is 47.5 Å². The molecule has 1 fully saturated rings. The highest BCUT2D eigenvalue weighted by molar-refractivity contribution is 8.18. The molecule has 0 radical (unpaired) electrons. The highest BCUT2D eigenvalue weighted by Gasteiger charge is 2.36. The SMILES string of the molecule is O=C(O)CN1C(=O)SC(=Cc2ccc3c(cnn3[C@H]3CCc4cc(Cl)ccc43)c2)C1=O. The van der Waals surface area contributed by atoms with Gasteiger partial charge in [0.2, 0.25) is 0 Å². The molecule has 5 rings (SSSR count). The van der Waals surface area contributed by atoms with Crippen molar-refractivity contribution in [1.82, 2.24) is 14.7 Å². The third-order valence-corrected chi connectivity index (χ3v) is 6.67. The first-order valence-electron chi connectivity index (χ1n) is 9.63. The van der Waals surface area contributed by atoms with Crippen molar-refractivity contribution in [3.05, 3.63) is 69.2 Å². The fourth-order valence-electron chi connectivity index (χ4n) is 4.15. The number of nitrogens with zero attached hydrogens (tertiary/aromatic N) is 3. The average Bonchev–Trinajstić information content (AvgIpc) is 3.39. The molecule has 1 aromatic heterocycles. The summed E-state index contributed by atoms with van der Waals surface area (Å²) in [5.41, 5.74) is 4.19. The maximum atomic E-state index is 12.4. The molecule has 2 aliphatic rings. The predicted molar refractivity (Wildman–Crippen MR) is 118 cm³/mol. The van der Waals surface area contributed by atoms with E-state index in [1.54, 1.807) is 12.3 Å². The Hall–Kier alpha value is -3.10. The van der Waals surface area contributed by atoms with E-state index in [-0.39, 0.29) is 10.9 Å². The third kappa shape index (κ3) is 3.51. The van der Waals surface area contributed by atoms with Crippen LogP contribution in [-0.4, -0.2) is 43.4 Å². The lowest BCUT2D eigenvalue weighted by atomic mass is 10.1. The van der Waals surface area contributed by atoms with E-state index < -0.39 is 23.7 Å². The van der Waals surface area contributed by atoms with Crippen LogP contribution in [0.4, 0.5) is 4.79 Å². The van der Waals surface area contributed by atoms with Crippen LogP contribution in [0.3, 0.4) is 0 Å². The minimum atomic E-state index is -1.23. The number of imide groups is 1. The Morgan fingerprint density at radius 1 is 1.26 bits per heavy atom. The summed E-state index contributed by atoms with van der Waals surface area (Å²) in [4.78, 5) is 36.1. The van der Waals surface area contributed by atoms with E-state index in [1.165, 1.54) is 11.1 Å². The summed E-state index contributed by atoms with van der Waals surface area (Å²) >= 11 is 6.87. The maximum absolute atomic E-state index is 12.4. The van der Waals surface area contributed by atoms with Gasteiger partial charge in [-0.15, -0.1) is 0 Å². The number of rotatable bonds is 4. The zero-order valence-electron chi connectivity index (χ0n) is 16.1. The molecule has 2 heterocycles. The Morgan fingerprint density at radius 2 is 2.10 bits per heavy atom. The van der Waals surface area contributed by atoms with Crippen molar-refractivity contribution in [2.24, 2.45) is 0 Å². The zero-order chi connectivity index (χ0) is 21.7. The van der Waals surface area contributed by atoms with Crippen LogP contribution in [0.2, 0.25) is 5.02 Å². The number of hydrogen-bond acceptors (Lipinski definition) is 5. The van der Waals surface area contributed by atoms with Gasteiger partial charge in [-0.2, -0.15) is 5.10 Å². The average molecular weight is 454 g/mol. The van der Waals surface area contributed by atoms with Crippen LogP contribution in [-0.2, 0) is 16.0 Å². The van der Waals surface area contributed by atoms with Crippen LogP contribution < -0.4 is 0 Å². The highest BCUT2D eigenvalue weighted by Crippen LogP contribution is 2.37. The fraction of sp³-hybridized carbons (Fsp3) is 0.182. The monoisotopic (exact) mass is 453 g/mol. The third-order valence-electron chi connectivity index (χ3n) is 5.53. The molecule has 1 saturated heterocycles. The molecule has 0 bridgehead atoms. The summed E-state index contributed by atoms with van der Waals surface area (Å²) < 4.78 is 2.01. The van der Waals surface area contributed by atoms with Crippen LogP contribution in [0.5, 0.6) is 0 Å². The molecule has 2 aromatic carbocycles. The van der Waals surface area contributed by atoms with E-state index in [0.717, 1.165) is 51.0 Å². The number of aliphatic carboxylic acids is 1. The Bertz CT molecular complexity index is 1300. The molecular formula is C22H16ClN3O4S. The smallest absolute Gasteiger partial charge is 0.323 e. The maximum Gasteiger partial charge on any atom is 0.323 e. The number of carboxylic acid groups (broad SMARTS) is 1. The molecule has 9 heteroatoms. The number of carboxylic acids is 1. The van der Waals surface area contributed by atoms with Gasteiger partial charge in [0.1, 0.15) is 6.54 Å².